The predicted molar refractivity (Wildman–Crippen MR) is 154 cm³/mol. The number of nitrogens with zero attached hydrogens (tertiary/aromatic N) is 5. The molecule has 0 saturated heterocycles. The normalized spacial score (nSPS) is 12.8. The quantitative estimate of drug-likeness (QED) is 0.232. The van der Waals surface area contributed by atoms with Gasteiger partial charge in [-0.3, -0.25) is 9.69 Å². The Morgan fingerprint density at radius 1 is 1.05 bits per heavy atom. The fourth-order valence-electron chi connectivity index (χ4n) is 4.95. The van der Waals surface area contributed by atoms with E-state index in [1.165, 1.54) is 5.56 Å². The number of hydrogen-bond acceptors (Lipinski definition) is 7. The molecule has 9 heteroatoms. The molecule has 0 fully saturated rings. The molecular weight excluding hydrogens is 504 g/mol. The minimum atomic E-state index is -0.563. The average Bonchev–Trinajstić information content (AvgIpc) is 3.67. The maximum Gasteiger partial charge on any atom is 0.253 e. The average molecular weight is 541 g/mol. The highest BCUT2D eigenvalue weighted by molar-refractivity contribution is 5.80. The van der Waals surface area contributed by atoms with E-state index in [9.17, 15) is 4.79 Å². The van der Waals surface area contributed by atoms with Crippen LogP contribution in [0.5, 0.6) is 5.75 Å². The van der Waals surface area contributed by atoms with Crippen LogP contribution in [0.15, 0.2) is 76.1 Å². The Morgan fingerprint density at radius 3 is 2.50 bits per heavy atom. The van der Waals surface area contributed by atoms with Crippen LogP contribution in [-0.2, 0) is 25.0 Å². The van der Waals surface area contributed by atoms with E-state index >= 15 is 0 Å². The van der Waals surface area contributed by atoms with Crippen LogP contribution in [0.25, 0.3) is 10.9 Å². The summed E-state index contributed by atoms with van der Waals surface area (Å²) in [6.07, 6.45) is 3.37. The molecule has 40 heavy (non-hydrogen) atoms. The first kappa shape index (κ1) is 27.3. The number of furan rings is 1. The molecule has 0 radical (unpaired) electrons. The first-order chi connectivity index (χ1) is 19.3. The number of hydrogen-bond donors (Lipinski definition) is 1. The molecule has 0 amide bonds. The highest BCUT2D eigenvalue weighted by atomic mass is 16.5. The topological polar surface area (TPSA) is 102 Å². The van der Waals surface area contributed by atoms with E-state index < -0.39 is 6.04 Å². The lowest BCUT2D eigenvalue weighted by Crippen LogP contribution is -2.38. The summed E-state index contributed by atoms with van der Waals surface area (Å²) in [6.45, 7) is 9.38. The largest absolute Gasteiger partial charge is 0.497 e. The summed E-state index contributed by atoms with van der Waals surface area (Å²) in [4.78, 5) is 19.1. The van der Waals surface area contributed by atoms with Gasteiger partial charge in [0.25, 0.3) is 5.56 Å². The van der Waals surface area contributed by atoms with Crippen LogP contribution in [0.4, 0.5) is 0 Å². The van der Waals surface area contributed by atoms with Gasteiger partial charge in [-0.2, -0.15) is 0 Å². The number of aromatic amines is 1. The SMILES string of the molecule is CCc1ccc2[nH]c(=O)c([C@@H](c3nnnn3C(C)(C)CC)N(Cc3ccc(OC)cc3)Cc3ccco3)cc2c1. The van der Waals surface area contributed by atoms with Crippen molar-refractivity contribution in [2.45, 2.75) is 65.2 Å². The molecule has 9 nitrogen and oxygen atoms in total. The van der Waals surface area contributed by atoms with Gasteiger partial charge in [0.1, 0.15) is 17.6 Å². The van der Waals surface area contributed by atoms with Gasteiger partial charge in [0.15, 0.2) is 5.82 Å². The second-order valence-corrected chi connectivity index (χ2v) is 10.7. The van der Waals surface area contributed by atoms with Crippen LogP contribution >= 0.6 is 0 Å². The van der Waals surface area contributed by atoms with Crippen molar-refractivity contribution in [1.29, 1.82) is 0 Å². The monoisotopic (exact) mass is 540 g/mol. The van der Waals surface area contributed by atoms with E-state index in [-0.39, 0.29) is 11.1 Å². The number of nitrogens with one attached hydrogen (secondary N) is 1. The maximum atomic E-state index is 13.8. The summed E-state index contributed by atoms with van der Waals surface area (Å²) >= 11 is 0. The Balaban J connectivity index is 1.72. The second kappa shape index (κ2) is 11.5. The predicted octanol–water partition coefficient (Wildman–Crippen LogP) is 5.62. The summed E-state index contributed by atoms with van der Waals surface area (Å²) in [5.41, 5.74) is 3.08. The summed E-state index contributed by atoms with van der Waals surface area (Å²) in [5.74, 6) is 2.16. The number of pyridine rings is 1. The van der Waals surface area contributed by atoms with Gasteiger partial charge in [0, 0.05) is 17.6 Å². The number of aromatic nitrogens is 5. The molecule has 0 aliphatic carbocycles. The standard InChI is InChI=1S/C31H36N6O3/c1-6-21-12-15-27-23(17-21)18-26(30(38)32-27)28(29-33-34-35-37(29)31(3,4)7-2)36(20-25-9-8-16-40-25)19-22-10-13-24(39-5)14-11-22/h8-18,28H,6-7,19-20H2,1-5H3,(H,32,38)/t28-/m0/s1. The van der Waals surface area contributed by atoms with E-state index in [4.69, 9.17) is 9.15 Å². The van der Waals surface area contributed by atoms with Crippen molar-refractivity contribution in [2.75, 3.05) is 7.11 Å². The molecule has 1 atom stereocenters. The molecule has 0 aliphatic heterocycles. The van der Waals surface area contributed by atoms with Crippen molar-refractivity contribution in [2.24, 2.45) is 0 Å². The van der Waals surface area contributed by atoms with Crippen LogP contribution in [0.3, 0.4) is 0 Å². The lowest BCUT2D eigenvalue weighted by atomic mass is 9.98. The van der Waals surface area contributed by atoms with E-state index in [2.05, 4.69) is 59.2 Å². The molecule has 3 aromatic heterocycles. The van der Waals surface area contributed by atoms with Gasteiger partial charge in [0.2, 0.25) is 0 Å². The summed E-state index contributed by atoms with van der Waals surface area (Å²) in [5, 5.41) is 14.0. The van der Waals surface area contributed by atoms with Gasteiger partial charge >= 0.3 is 0 Å². The second-order valence-electron chi connectivity index (χ2n) is 10.7. The molecule has 3 heterocycles. The number of methoxy groups -OCH3 is 1. The molecule has 0 aliphatic rings. The van der Waals surface area contributed by atoms with Gasteiger partial charge < -0.3 is 14.1 Å². The Bertz CT molecular complexity index is 1620. The van der Waals surface area contributed by atoms with Crippen molar-refractivity contribution in [1.82, 2.24) is 30.1 Å². The van der Waals surface area contributed by atoms with Gasteiger partial charge in [-0.15, -0.1) is 5.10 Å². The lowest BCUT2D eigenvalue weighted by molar-refractivity contribution is 0.168. The Kier molecular flexibility index (Phi) is 7.84. The zero-order valence-electron chi connectivity index (χ0n) is 23.7. The summed E-state index contributed by atoms with van der Waals surface area (Å²) < 4.78 is 13.0. The van der Waals surface area contributed by atoms with Crippen molar-refractivity contribution in [3.8, 4) is 5.75 Å². The lowest BCUT2D eigenvalue weighted by Gasteiger charge is -2.33. The maximum absolute atomic E-state index is 13.8. The van der Waals surface area contributed by atoms with Crippen molar-refractivity contribution < 1.29 is 9.15 Å². The molecule has 0 bridgehead atoms. The minimum absolute atomic E-state index is 0.176. The number of tetrazole rings is 1. The zero-order chi connectivity index (χ0) is 28.3. The van der Waals surface area contributed by atoms with Gasteiger partial charge in [-0.1, -0.05) is 32.0 Å². The summed E-state index contributed by atoms with van der Waals surface area (Å²) in [6, 6.07) is 19.3. The van der Waals surface area contributed by atoms with Crippen LogP contribution < -0.4 is 10.3 Å². The molecule has 5 aromatic rings. The first-order valence-electron chi connectivity index (χ1n) is 13.7. The van der Waals surface area contributed by atoms with Crippen molar-refractivity contribution >= 4 is 10.9 Å². The molecule has 0 unspecified atom stereocenters. The first-order valence-corrected chi connectivity index (χ1v) is 13.7. The van der Waals surface area contributed by atoms with Gasteiger partial charge in [-0.25, -0.2) is 4.68 Å². The summed E-state index contributed by atoms with van der Waals surface area (Å²) in [7, 11) is 1.65. The fourth-order valence-corrected chi connectivity index (χ4v) is 4.95. The number of rotatable bonds is 11. The van der Waals surface area contributed by atoms with Crippen molar-refractivity contribution in [3.05, 3.63) is 106 Å². The van der Waals surface area contributed by atoms with E-state index in [0.717, 1.165) is 40.8 Å². The Labute approximate surface area is 233 Å². The smallest absolute Gasteiger partial charge is 0.253 e. The molecular formula is C31H36N6O3. The Hall–Kier alpha value is -4.24. The Morgan fingerprint density at radius 2 is 1.82 bits per heavy atom. The third kappa shape index (κ3) is 5.56. The third-order valence-corrected chi connectivity index (χ3v) is 7.67. The van der Waals surface area contributed by atoms with Crippen LogP contribution in [-0.4, -0.2) is 37.2 Å². The number of ether oxygens (including phenoxy) is 1. The number of aryl methyl sites for hydroxylation is 1. The van der Waals surface area contributed by atoms with E-state index in [1.807, 2.05) is 59.3 Å². The minimum Gasteiger partial charge on any atom is -0.497 e. The van der Waals surface area contributed by atoms with Gasteiger partial charge in [-0.05, 0) is 96.1 Å². The van der Waals surface area contributed by atoms with E-state index in [0.29, 0.717) is 24.5 Å². The van der Waals surface area contributed by atoms with Crippen LogP contribution in [0, 0.1) is 0 Å². The number of benzene rings is 2. The van der Waals surface area contributed by atoms with Crippen LogP contribution in [0.1, 0.15) is 68.4 Å². The zero-order valence-corrected chi connectivity index (χ0v) is 23.7. The van der Waals surface area contributed by atoms with E-state index in [1.54, 1.807) is 13.4 Å². The van der Waals surface area contributed by atoms with Crippen molar-refractivity contribution in [3.63, 3.8) is 0 Å². The third-order valence-electron chi connectivity index (χ3n) is 7.67. The number of H-pyrrole nitrogens is 1. The molecule has 208 valence electrons. The highest BCUT2D eigenvalue weighted by Crippen LogP contribution is 2.33. The molecule has 2 aromatic carbocycles. The molecule has 1 N–H and O–H groups in total. The van der Waals surface area contributed by atoms with Crippen LogP contribution in [0.2, 0.25) is 0 Å². The highest BCUT2D eigenvalue weighted by Gasteiger charge is 2.35. The molecule has 0 spiro atoms. The number of fused-ring (bicyclic) bond motifs is 1. The fraction of sp³-hybridized carbons (Fsp3) is 0.355. The van der Waals surface area contributed by atoms with Gasteiger partial charge in [0.05, 0.1) is 25.5 Å². The molecule has 0 saturated carbocycles. The molecule has 5 rings (SSSR count).